The van der Waals surface area contributed by atoms with Crippen molar-refractivity contribution in [1.82, 2.24) is 24.6 Å². The minimum atomic E-state index is 0.572. The van der Waals surface area contributed by atoms with Gasteiger partial charge in [0.1, 0.15) is 0 Å². The highest BCUT2D eigenvalue weighted by Gasteiger charge is 2.13. The van der Waals surface area contributed by atoms with E-state index in [9.17, 15) is 0 Å². The molecule has 3 aromatic heterocycles. The number of hydrogen-bond donors (Lipinski definition) is 0. The lowest BCUT2D eigenvalue weighted by Crippen LogP contribution is -1.97. The third-order valence-corrected chi connectivity index (χ3v) is 5.27. The monoisotopic (exact) mass is 391 g/mol. The maximum absolute atomic E-state index is 5.77. The summed E-state index contributed by atoms with van der Waals surface area (Å²) < 4.78 is 13.2. The molecule has 1 aromatic carbocycles. The van der Waals surface area contributed by atoms with Gasteiger partial charge in [-0.05, 0) is 35.9 Å². The Labute approximate surface area is 165 Å². The summed E-state index contributed by atoms with van der Waals surface area (Å²) in [6.07, 6.45) is 6.20. The summed E-state index contributed by atoms with van der Waals surface area (Å²) in [7, 11) is 0. The van der Waals surface area contributed by atoms with Gasteiger partial charge in [0.2, 0.25) is 5.16 Å². The van der Waals surface area contributed by atoms with Crippen LogP contribution in [0.3, 0.4) is 0 Å². The van der Waals surface area contributed by atoms with E-state index in [-0.39, 0.29) is 0 Å². The number of aromatic nitrogens is 5. The van der Waals surface area contributed by atoms with E-state index in [1.807, 2.05) is 30.3 Å². The lowest BCUT2D eigenvalue weighted by atomic mass is 10.2. The molecule has 0 atom stereocenters. The molecule has 4 aromatic rings. The number of rotatable bonds is 4. The minimum absolute atomic E-state index is 0.572. The van der Waals surface area contributed by atoms with Gasteiger partial charge in [0.15, 0.2) is 11.5 Å². The van der Waals surface area contributed by atoms with Gasteiger partial charge in [0.05, 0.1) is 18.9 Å². The van der Waals surface area contributed by atoms with E-state index < -0.39 is 0 Å². The molecule has 0 saturated heterocycles. The van der Waals surface area contributed by atoms with Crippen molar-refractivity contribution in [2.45, 2.75) is 17.3 Å². The second kappa shape index (κ2) is 7.47. The second-order valence-corrected chi connectivity index (χ2v) is 7.24. The first-order chi connectivity index (χ1) is 13.9. The van der Waals surface area contributed by atoms with E-state index in [0.717, 1.165) is 40.5 Å². The maximum Gasteiger partial charge on any atom is 0.253 e. The Kier molecular flexibility index (Phi) is 4.54. The van der Waals surface area contributed by atoms with Crippen LogP contribution < -0.4 is 9.47 Å². The van der Waals surface area contributed by atoms with Gasteiger partial charge < -0.3 is 9.47 Å². The van der Waals surface area contributed by atoms with Crippen LogP contribution in [0.25, 0.3) is 17.0 Å². The summed E-state index contributed by atoms with van der Waals surface area (Å²) >= 11 is 1.56. The molecule has 28 heavy (non-hydrogen) atoms. The first-order valence-electron chi connectivity index (χ1n) is 9.00. The lowest BCUT2D eigenvalue weighted by molar-refractivity contribution is 0.297. The fourth-order valence-corrected chi connectivity index (χ4v) is 3.78. The molecule has 1 aliphatic rings. The van der Waals surface area contributed by atoms with Crippen LogP contribution in [0.1, 0.15) is 12.0 Å². The Balaban J connectivity index is 1.38. The fourth-order valence-electron chi connectivity index (χ4n) is 3.02. The molecule has 0 spiro atoms. The standard InChI is InChI=1S/C20H17N5O2S/c1-3-15(12-21-7-1)16-6-8-22-19-23-20(24-25(16)19)28-13-14-4-5-17-18(11-14)27-10-2-9-26-17/h1,3-8,11-12H,2,9-10,13H2. The number of hydrogen-bond acceptors (Lipinski definition) is 7. The smallest absolute Gasteiger partial charge is 0.253 e. The van der Waals surface area contributed by atoms with Crippen molar-refractivity contribution in [2.24, 2.45) is 0 Å². The van der Waals surface area contributed by atoms with Crippen molar-refractivity contribution in [2.75, 3.05) is 13.2 Å². The third kappa shape index (κ3) is 3.38. The van der Waals surface area contributed by atoms with Gasteiger partial charge in [-0.3, -0.25) is 4.98 Å². The number of pyridine rings is 1. The van der Waals surface area contributed by atoms with Crippen LogP contribution in [0.5, 0.6) is 11.5 Å². The Morgan fingerprint density at radius 1 is 1.04 bits per heavy atom. The highest BCUT2D eigenvalue weighted by atomic mass is 32.2. The summed E-state index contributed by atoms with van der Waals surface area (Å²) in [6.45, 7) is 1.37. The summed E-state index contributed by atoms with van der Waals surface area (Å²) in [5.41, 5.74) is 3.01. The Bertz CT molecular complexity index is 1120. The van der Waals surface area contributed by atoms with Gasteiger partial charge in [-0.25, -0.2) is 4.98 Å². The Morgan fingerprint density at radius 2 is 1.96 bits per heavy atom. The highest BCUT2D eigenvalue weighted by molar-refractivity contribution is 7.98. The minimum Gasteiger partial charge on any atom is -0.490 e. The predicted octanol–water partition coefficient (Wildman–Crippen LogP) is 3.64. The van der Waals surface area contributed by atoms with Crippen LogP contribution in [-0.4, -0.2) is 37.8 Å². The summed E-state index contributed by atoms with van der Waals surface area (Å²) in [4.78, 5) is 13.1. The number of fused-ring (bicyclic) bond motifs is 2. The molecular weight excluding hydrogens is 374 g/mol. The van der Waals surface area contributed by atoms with Crippen LogP contribution in [0, 0.1) is 0 Å². The molecule has 7 nitrogen and oxygen atoms in total. The second-order valence-electron chi connectivity index (χ2n) is 6.30. The average Bonchev–Trinajstić information content (AvgIpc) is 3.02. The lowest BCUT2D eigenvalue weighted by Gasteiger charge is -2.08. The van der Waals surface area contributed by atoms with Crippen LogP contribution in [0.4, 0.5) is 0 Å². The van der Waals surface area contributed by atoms with Gasteiger partial charge >= 0.3 is 0 Å². The SMILES string of the molecule is c1cncc(-c2ccnc3nc(SCc4ccc5c(c4)OCCCO5)nn23)c1. The highest BCUT2D eigenvalue weighted by Crippen LogP contribution is 2.32. The zero-order chi connectivity index (χ0) is 18.8. The van der Waals surface area contributed by atoms with Crippen LogP contribution in [0.15, 0.2) is 60.1 Å². The van der Waals surface area contributed by atoms with Crippen molar-refractivity contribution in [3.8, 4) is 22.8 Å². The maximum atomic E-state index is 5.77. The average molecular weight is 391 g/mol. The number of nitrogens with zero attached hydrogens (tertiary/aromatic N) is 5. The van der Waals surface area contributed by atoms with Gasteiger partial charge in [-0.2, -0.15) is 9.50 Å². The molecule has 0 unspecified atom stereocenters. The van der Waals surface area contributed by atoms with Gasteiger partial charge in [-0.15, -0.1) is 5.10 Å². The molecule has 0 bridgehead atoms. The number of thioether (sulfide) groups is 1. The summed E-state index contributed by atoms with van der Waals surface area (Å²) in [5, 5.41) is 5.31. The number of ether oxygens (including phenoxy) is 2. The molecule has 5 rings (SSSR count). The summed E-state index contributed by atoms with van der Waals surface area (Å²) in [5.74, 6) is 2.92. The van der Waals surface area contributed by atoms with Crippen LogP contribution >= 0.6 is 11.8 Å². The molecule has 4 heterocycles. The molecule has 1 aliphatic heterocycles. The first kappa shape index (κ1) is 17.0. The fraction of sp³-hybridized carbons (Fsp3) is 0.200. The topological polar surface area (TPSA) is 74.4 Å². The van der Waals surface area contributed by atoms with Crippen molar-refractivity contribution >= 4 is 17.5 Å². The molecule has 0 radical (unpaired) electrons. The van der Waals surface area contributed by atoms with E-state index in [0.29, 0.717) is 24.1 Å². The van der Waals surface area contributed by atoms with Gasteiger partial charge in [-0.1, -0.05) is 17.8 Å². The van der Waals surface area contributed by atoms with Crippen molar-refractivity contribution in [3.05, 3.63) is 60.6 Å². The third-order valence-electron chi connectivity index (χ3n) is 4.36. The molecule has 0 N–H and O–H groups in total. The molecule has 0 aliphatic carbocycles. The molecule has 0 saturated carbocycles. The zero-order valence-corrected chi connectivity index (χ0v) is 15.8. The van der Waals surface area contributed by atoms with E-state index in [2.05, 4.69) is 26.1 Å². The van der Waals surface area contributed by atoms with Gasteiger partial charge in [0.25, 0.3) is 5.78 Å². The van der Waals surface area contributed by atoms with E-state index in [1.165, 1.54) is 0 Å². The first-order valence-corrected chi connectivity index (χ1v) is 9.99. The van der Waals surface area contributed by atoms with E-state index in [1.54, 1.807) is 34.9 Å². The largest absolute Gasteiger partial charge is 0.490 e. The van der Waals surface area contributed by atoms with E-state index in [4.69, 9.17) is 9.47 Å². The summed E-state index contributed by atoms with van der Waals surface area (Å²) in [6, 6.07) is 11.9. The van der Waals surface area contributed by atoms with Crippen molar-refractivity contribution in [3.63, 3.8) is 0 Å². The van der Waals surface area contributed by atoms with Gasteiger partial charge in [0, 0.05) is 36.3 Å². The molecule has 8 heteroatoms. The predicted molar refractivity (Wildman–Crippen MR) is 106 cm³/mol. The molecule has 140 valence electrons. The van der Waals surface area contributed by atoms with Crippen LogP contribution in [-0.2, 0) is 5.75 Å². The molecular formula is C20H17N5O2S. The van der Waals surface area contributed by atoms with Crippen molar-refractivity contribution < 1.29 is 9.47 Å². The normalized spacial score (nSPS) is 13.4. The number of benzene rings is 1. The van der Waals surface area contributed by atoms with E-state index >= 15 is 0 Å². The molecule has 0 fully saturated rings. The quantitative estimate of drug-likeness (QED) is 0.492. The van der Waals surface area contributed by atoms with Crippen molar-refractivity contribution in [1.29, 1.82) is 0 Å². The Morgan fingerprint density at radius 3 is 2.86 bits per heavy atom. The Hall–Kier alpha value is -3.13. The molecule has 0 amide bonds. The van der Waals surface area contributed by atoms with Crippen LogP contribution in [0.2, 0.25) is 0 Å². The zero-order valence-electron chi connectivity index (χ0n) is 15.0.